The van der Waals surface area contributed by atoms with Crippen molar-refractivity contribution in [2.24, 2.45) is 0 Å². The van der Waals surface area contributed by atoms with E-state index in [0.29, 0.717) is 23.3 Å². The predicted molar refractivity (Wildman–Crippen MR) is 77.8 cm³/mol. The summed E-state index contributed by atoms with van der Waals surface area (Å²) < 4.78 is 7.12. The Morgan fingerprint density at radius 1 is 1.37 bits per heavy atom. The van der Waals surface area contributed by atoms with Crippen LogP contribution in [-0.4, -0.2) is 28.2 Å². The number of hydrogen-bond acceptors (Lipinski definition) is 5. The highest BCUT2D eigenvalue weighted by Gasteiger charge is 2.22. The highest BCUT2D eigenvalue weighted by molar-refractivity contribution is 9.11. The van der Waals surface area contributed by atoms with Gasteiger partial charge in [-0.1, -0.05) is 5.16 Å². The van der Waals surface area contributed by atoms with Gasteiger partial charge in [0.15, 0.2) is 0 Å². The zero-order valence-corrected chi connectivity index (χ0v) is 13.2. The lowest BCUT2D eigenvalue weighted by molar-refractivity contribution is 0.322. The molecule has 0 aliphatic carbocycles. The molecule has 1 aliphatic heterocycles. The molecule has 0 saturated carbocycles. The molecule has 1 saturated heterocycles. The Hall–Kier alpha value is -0.790. The summed E-state index contributed by atoms with van der Waals surface area (Å²) >= 11 is 6.83. The van der Waals surface area contributed by atoms with Gasteiger partial charge in [0.25, 0.3) is 0 Å². The number of aromatic nitrogens is 3. The van der Waals surface area contributed by atoms with E-state index in [2.05, 4.69) is 52.3 Å². The van der Waals surface area contributed by atoms with Crippen LogP contribution in [0, 0.1) is 0 Å². The van der Waals surface area contributed by atoms with E-state index in [1.807, 2.05) is 6.07 Å². The Balaban J connectivity index is 1.87. The predicted octanol–water partition coefficient (Wildman–Crippen LogP) is 3.12. The first-order valence-corrected chi connectivity index (χ1v) is 7.68. The monoisotopic (exact) mass is 386 g/mol. The molecule has 0 aromatic carbocycles. The van der Waals surface area contributed by atoms with E-state index in [-0.39, 0.29) is 0 Å². The first kappa shape index (κ1) is 13.2. The molecule has 0 amide bonds. The van der Waals surface area contributed by atoms with Crippen LogP contribution in [0.3, 0.4) is 0 Å². The van der Waals surface area contributed by atoms with Crippen LogP contribution in [0.2, 0.25) is 0 Å². The minimum atomic E-state index is 0.309. The Labute approximate surface area is 127 Å². The highest BCUT2D eigenvalue weighted by atomic mass is 79.9. The summed E-state index contributed by atoms with van der Waals surface area (Å²) in [6, 6.07) is 1.92. The van der Waals surface area contributed by atoms with E-state index in [9.17, 15) is 0 Å². The quantitative estimate of drug-likeness (QED) is 0.857. The summed E-state index contributed by atoms with van der Waals surface area (Å²) in [4.78, 5) is 8.78. The summed E-state index contributed by atoms with van der Waals surface area (Å²) in [7, 11) is 0. The molecule has 0 unspecified atom stereocenters. The lowest BCUT2D eigenvalue weighted by Gasteiger charge is -2.18. The minimum absolute atomic E-state index is 0.309. The average molecular weight is 388 g/mol. The number of nitrogens with one attached hydrogen (secondary N) is 1. The van der Waals surface area contributed by atoms with E-state index in [0.717, 1.165) is 34.9 Å². The lowest BCUT2D eigenvalue weighted by atomic mass is 10.00. The Kier molecular flexibility index (Phi) is 3.95. The molecule has 2 aromatic rings. The van der Waals surface area contributed by atoms with Gasteiger partial charge in [-0.25, -0.2) is 0 Å². The zero-order chi connectivity index (χ0) is 13.2. The second-order valence-corrected chi connectivity index (χ2v) is 6.25. The van der Waals surface area contributed by atoms with Crippen LogP contribution in [0.5, 0.6) is 0 Å². The summed E-state index contributed by atoms with van der Waals surface area (Å²) in [6.07, 6.45) is 3.95. The fraction of sp³-hybridized carbons (Fsp3) is 0.417. The molecule has 1 atom stereocenters. The largest absolute Gasteiger partial charge is 0.339 e. The van der Waals surface area contributed by atoms with Crippen molar-refractivity contribution < 1.29 is 4.52 Å². The van der Waals surface area contributed by atoms with Crippen molar-refractivity contribution in [2.75, 3.05) is 13.1 Å². The van der Waals surface area contributed by atoms with Gasteiger partial charge in [-0.3, -0.25) is 4.98 Å². The Morgan fingerprint density at radius 2 is 2.26 bits per heavy atom. The maximum absolute atomic E-state index is 5.37. The van der Waals surface area contributed by atoms with E-state index in [1.54, 1.807) is 6.20 Å². The molecule has 100 valence electrons. The Morgan fingerprint density at radius 3 is 3.00 bits per heavy atom. The molecular weight excluding hydrogens is 376 g/mol. The number of pyridine rings is 1. The average Bonchev–Trinajstić information content (AvgIpc) is 2.89. The van der Waals surface area contributed by atoms with Gasteiger partial charge < -0.3 is 9.84 Å². The normalized spacial score (nSPS) is 19.6. The second-order valence-electron chi connectivity index (χ2n) is 4.48. The molecule has 0 radical (unpaired) electrons. The maximum atomic E-state index is 5.37. The van der Waals surface area contributed by atoms with Crippen LogP contribution in [-0.2, 0) is 0 Å². The van der Waals surface area contributed by atoms with Crippen LogP contribution in [0.1, 0.15) is 24.7 Å². The third-order valence-electron chi connectivity index (χ3n) is 3.11. The SMILES string of the molecule is Brc1cnc(-c2noc([C@H]3CCCNC3)n2)c(Br)c1. The van der Waals surface area contributed by atoms with E-state index >= 15 is 0 Å². The van der Waals surface area contributed by atoms with Crippen molar-refractivity contribution in [1.29, 1.82) is 0 Å². The van der Waals surface area contributed by atoms with Gasteiger partial charge in [-0.2, -0.15) is 4.98 Å². The van der Waals surface area contributed by atoms with E-state index < -0.39 is 0 Å². The van der Waals surface area contributed by atoms with Crippen molar-refractivity contribution >= 4 is 31.9 Å². The number of halogens is 2. The standard InChI is InChI=1S/C12H12Br2N4O/c13-8-4-9(14)10(16-6-8)11-17-12(19-18-11)7-2-1-3-15-5-7/h4,6-7,15H,1-3,5H2/t7-/m0/s1. The third kappa shape index (κ3) is 2.88. The molecule has 3 heterocycles. The summed E-state index contributed by atoms with van der Waals surface area (Å²) in [5, 5.41) is 7.37. The van der Waals surface area contributed by atoms with Crippen molar-refractivity contribution in [3.63, 3.8) is 0 Å². The fourth-order valence-electron chi connectivity index (χ4n) is 2.14. The lowest BCUT2D eigenvalue weighted by Crippen LogP contribution is -2.28. The molecule has 1 fully saturated rings. The molecular formula is C12H12Br2N4O. The van der Waals surface area contributed by atoms with Gasteiger partial charge >= 0.3 is 0 Å². The Bertz CT molecular complexity index is 581. The van der Waals surface area contributed by atoms with Crippen LogP contribution in [0.4, 0.5) is 0 Å². The van der Waals surface area contributed by atoms with Gasteiger partial charge in [0.1, 0.15) is 5.69 Å². The molecule has 5 nitrogen and oxygen atoms in total. The molecule has 1 N–H and O–H groups in total. The second kappa shape index (κ2) is 5.68. The third-order valence-corrected chi connectivity index (χ3v) is 4.15. The number of nitrogens with zero attached hydrogens (tertiary/aromatic N) is 3. The van der Waals surface area contributed by atoms with Crippen molar-refractivity contribution in [1.82, 2.24) is 20.4 Å². The fourth-order valence-corrected chi connectivity index (χ4v) is 3.30. The van der Waals surface area contributed by atoms with E-state index in [4.69, 9.17) is 4.52 Å². The maximum Gasteiger partial charge on any atom is 0.231 e. The summed E-state index contributed by atoms with van der Waals surface area (Å²) in [5.74, 6) is 1.53. The van der Waals surface area contributed by atoms with Crippen molar-refractivity contribution in [2.45, 2.75) is 18.8 Å². The van der Waals surface area contributed by atoms with E-state index in [1.165, 1.54) is 0 Å². The number of hydrogen-bond donors (Lipinski definition) is 1. The summed E-state index contributed by atoms with van der Waals surface area (Å²) in [5.41, 5.74) is 0.696. The van der Waals surface area contributed by atoms with Gasteiger partial charge in [-0.15, -0.1) is 0 Å². The van der Waals surface area contributed by atoms with Crippen LogP contribution in [0.15, 0.2) is 25.7 Å². The molecule has 0 bridgehead atoms. The van der Waals surface area contributed by atoms with Crippen LogP contribution >= 0.6 is 31.9 Å². The smallest absolute Gasteiger partial charge is 0.231 e. The molecule has 7 heteroatoms. The molecule has 19 heavy (non-hydrogen) atoms. The zero-order valence-electron chi connectivity index (χ0n) is 10.1. The number of rotatable bonds is 2. The topological polar surface area (TPSA) is 63.8 Å². The minimum Gasteiger partial charge on any atom is -0.339 e. The molecule has 0 spiro atoms. The molecule has 3 rings (SSSR count). The van der Waals surface area contributed by atoms with Gasteiger partial charge in [0.05, 0.1) is 5.92 Å². The molecule has 2 aromatic heterocycles. The molecule has 1 aliphatic rings. The van der Waals surface area contributed by atoms with Gasteiger partial charge in [0, 0.05) is 21.7 Å². The van der Waals surface area contributed by atoms with Crippen molar-refractivity contribution in [3.8, 4) is 11.5 Å². The van der Waals surface area contributed by atoms with Gasteiger partial charge in [-0.05, 0) is 57.3 Å². The van der Waals surface area contributed by atoms with Crippen LogP contribution in [0.25, 0.3) is 11.5 Å². The van der Waals surface area contributed by atoms with Crippen molar-refractivity contribution in [3.05, 3.63) is 27.1 Å². The first-order valence-electron chi connectivity index (χ1n) is 6.10. The first-order chi connectivity index (χ1) is 9.24. The number of piperidine rings is 1. The van der Waals surface area contributed by atoms with Gasteiger partial charge in [0.2, 0.25) is 11.7 Å². The van der Waals surface area contributed by atoms with Crippen LogP contribution < -0.4 is 5.32 Å². The highest BCUT2D eigenvalue weighted by Crippen LogP contribution is 2.28. The summed E-state index contributed by atoms with van der Waals surface area (Å²) in [6.45, 7) is 1.97.